The summed E-state index contributed by atoms with van der Waals surface area (Å²) in [6.45, 7) is 1.70. The molecule has 1 aromatic carbocycles. The summed E-state index contributed by atoms with van der Waals surface area (Å²) < 4.78 is 24.8. The van der Waals surface area contributed by atoms with E-state index in [1.807, 2.05) is 6.07 Å². The lowest BCUT2D eigenvalue weighted by atomic mass is 10.1. The van der Waals surface area contributed by atoms with E-state index in [9.17, 15) is 18.0 Å². The molecule has 22 heavy (non-hydrogen) atoms. The van der Waals surface area contributed by atoms with Crippen molar-refractivity contribution in [3.05, 3.63) is 46.2 Å². The molecular weight excluding hydrogens is 306 g/mol. The first-order chi connectivity index (χ1) is 10.4. The van der Waals surface area contributed by atoms with Crippen molar-refractivity contribution < 1.29 is 13.2 Å². The Hall–Kier alpha value is -2.19. The van der Waals surface area contributed by atoms with Gasteiger partial charge in [-0.1, -0.05) is 18.2 Å². The van der Waals surface area contributed by atoms with Crippen molar-refractivity contribution in [2.45, 2.75) is 6.92 Å². The lowest BCUT2D eigenvalue weighted by Gasteiger charge is -2.07. The van der Waals surface area contributed by atoms with Gasteiger partial charge in [0.1, 0.15) is 5.56 Å². The minimum Gasteiger partial charge on any atom is -0.351 e. The average Bonchev–Trinajstić information content (AvgIpc) is 2.50. The SMILES string of the molecule is CCS(=O)(=O)NCCNC(=O)c1cc2ccccc2[nH]c1=O. The number of hydrogen-bond donors (Lipinski definition) is 3. The molecule has 3 N–H and O–H groups in total. The van der Waals surface area contributed by atoms with Gasteiger partial charge < -0.3 is 10.3 Å². The van der Waals surface area contributed by atoms with Gasteiger partial charge in [-0.05, 0) is 24.4 Å². The average molecular weight is 323 g/mol. The fourth-order valence-corrected chi connectivity index (χ4v) is 2.51. The van der Waals surface area contributed by atoms with Crippen LogP contribution in [0.1, 0.15) is 17.3 Å². The molecular formula is C14H17N3O4S. The monoisotopic (exact) mass is 323 g/mol. The van der Waals surface area contributed by atoms with Crippen molar-refractivity contribution in [1.29, 1.82) is 0 Å². The summed E-state index contributed by atoms with van der Waals surface area (Å²) >= 11 is 0. The maximum absolute atomic E-state index is 12.0. The summed E-state index contributed by atoms with van der Waals surface area (Å²) in [4.78, 5) is 26.5. The van der Waals surface area contributed by atoms with Gasteiger partial charge >= 0.3 is 0 Å². The molecule has 0 aliphatic heterocycles. The van der Waals surface area contributed by atoms with Gasteiger partial charge in [-0.2, -0.15) is 0 Å². The number of aromatic amines is 1. The van der Waals surface area contributed by atoms with Gasteiger partial charge in [-0.15, -0.1) is 0 Å². The standard InChI is InChI=1S/C14H17N3O4S/c1-2-22(20,21)16-8-7-15-13(18)11-9-10-5-3-4-6-12(10)17-14(11)19/h3-6,9,16H,2,7-8H2,1H3,(H,15,18)(H,17,19). The van der Waals surface area contributed by atoms with Crippen LogP contribution in [0.15, 0.2) is 35.1 Å². The lowest BCUT2D eigenvalue weighted by molar-refractivity contribution is 0.0953. The highest BCUT2D eigenvalue weighted by atomic mass is 32.2. The molecule has 2 rings (SSSR count). The van der Waals surface area contributed by atoms with Crippen LogP contribution in [-0.4, -0.2) is 38.2 Å². The molecule has 0 unspecified atom stereocenters. The van der Waals surface area contributed by atoms with E-state index >= 15 is 0 Å². The highest BCUT2D eigenvalue weighted by molar-refractivity contribution is 7.89. The smallest absolute Gasteiger partial charge is 0.261 e. The van der Waals surface area contributed by atoms with Gasteiger partial charge in [0.2, 0.25) is 10.0 Å². The second kappa shape index (κ2) is 6.71. The molecule has 0 fully saturated rings. The van der Waals surface area contributed by atoms with Crippen molar-refractivity contribution in [1.82, 2.24) is 15.0 Å². The molecule has 2 aromatic rings. The Balaban J connectivity index is 2.04. The highest BCUT2D eigenvalue weighted by Crippen LogP contribution is 2.09. The summed E-state index contributed by atoms with van der Waals surface area (Å²) in [6, 6.07) is 8.65. The third-order valence-electron chi connectivity index (χ3n) is 3.11. The number of aromatic nitrogens is 1. The molecule has 118 valence electrons. The van der Waals surface area contributed by atoms with Crippen molar-refractivity contribution in [2.75, 3.05) is 18.8 Å². The van der Waals surface area contributed by atoms with Crippen LogP contribution in [0.4, 0.5) is 0 Å². The summed E-state index contributed by atoms with van der Waals surface area (Å²) in [5.74, 6) is -0.562. The number of para-hydroxylation sites is 1. The summed E-state index contributed by atoms with van der Waals surface area (Å²) in [6.07, 6.45) is 0. The topological polar surface area (TPSA) is 108 Å². The number of nitrogens with one attached hydrogen (secondary N) is 3. The number of amides is 1. The van der Waals surface area contributed by atoms with Gasteiger partial charge in [0.25, 0.3) is 11.5 Å². The molecule has 0 saturated heterocycles. The first kappa shape index (κ1) is 16.2. The molecule has 1 amide bonds. The molecule has 0 aliphatic carbocycles. The van der Waals surface area contributed by atoms with Gasteiger partial charge in [0, 0.05) is 18.6 Å². The molecule has 0 radical (unpaired) electrons. The lowest BCUT2D eigenvalue weighted by Crippen LogP contribution is -2.37. The molecule has 0 aliphatic rings. The Labute approximate surface area is 127 Å². The number of sulfonamides is 1. The largest absolute Gasteiger partial charge is 0.351 e. The van der Waals surface area contributed by atoms with E-state index in [0.29, 0.717) is 5.52 Å². The fraction of sp³-hybridized carbons (Fsp3) is 0.286. The number of pyridine rings is 1. The zero-order chi connectivity index (χ0) is 16.2. The van der Waals surface area contributed by atoms with E-state index in [1.165, 1.54) is 13.0 Å². The number of carbonyl (C=O) groups excluding carboxylic acids is 1. The summed E-state index contributed by atoms with van der Waals surface area (Å²) in [7, 11) is -3.29. The number of hydrogen-bond acceptors (Lipinski definition) is 4. The van der Waals surface area contributed by atoms with Crippen LogP contribution in [0.5, 0.6) is 0 Å². The van der Waals surface area contributed by atoms with E-state index < -0.39 is 21.5 Å². The van der Waals surface area contributed by atoms with Crippen LogP contribution in [0.2, 0.25) is 0 Å². The predicted octanol–water partition coefficient (Wildman–Crippen LogP) is 0.197. The zero-order valence-electron chi connectivity index (χ0n) is 12.0. The van der Waals surface area contributed by atoms with E-state index in [4.69, 9.17) is 0 Å². The van der Waals surface area contributed by atoms with Crippen molar-refractivity contribution in [3.63, 3.8) is 0 Å². The maximum atomic E-state index is 12.0. The van der Waals surface area contributed by atoms with Gasteiger partial charge in [0.05, 0.1) is 5.75 Å². The molecule has 0 atom stereocenters. The predicted molar refractivity (Wildman–Crippen MR) is 84.4 cm³/mol. The van der Waals surface area contributed by atoms with Gasteiger partial charge in [0.15, 0.2) is 0 Å². The molecule has 0 spiro atoms. The van der Waals surface area contributed by atoms with E-state index in [-0.39, 0.29) is 24.4 Å². The Morgan fingerprint density at radius 3 is 2.68 bits per heavy atom. The minimum atomic E-state index is -3.29. The molecule has 7 nitrogen and oxygen atoms in total. The second-order valence-electron chi connectivity index (χ2n) is 4.65. The Kier molecular flexibility index (Phi) is 4.94. The second-order valence-corrected chi connectivity index (χ2v) is 6.75. The number of fused-ring (bicyclic) bond motifs is 1. The van der Waals surface area contributed by atoms with Crippen LogP contribution in [0.3, 0.4) is 0 Å². The third kappa shape index (κ3) is 3.92. The first-order valence-electron chi connectivity index (χ1n) is 6.80. The molecule has 8 heteroatoms. The summed E-state index contributed by atoms with van der Waals surface area (Å²) in [5.41, 5.74) is 0.169. The van der Waals surface area contributed by atoms with Crippen LogP contribution in [-0.2, 0) is 10.0 Å². The first-order valence-corrected chi connectivity index (χ1v) is 8.46. The van der Waals surface area contributed by atoms with Crippen LogP contribution in [0.25, 0.3) is 10.9 Å². The van der Waals surface area contributed by atoms with Crippen molar-refractivity contribution in [3.8, 4) is 0 Å². The van der Waals surface area contributed by atoms with E-state index in [0.717, 1.165) is 5.39 Å². The zero-order valence-corrected chi connectivity index (χ0v) is 12.9. The summed E-state index contributed by atoms with van der Waals surface area (Å²) in [5, 5.41) is 3.26. The number of carbonyl (C=O) groups is 1. The number of benzene rings is 1. The molecule has 0 bridgehead atoms. The maximum Gasteiger partial charge on any atom is 0.261 e. The molecule has 1 aromatic heterocycles. The van der Waals surface area contributed by atoms with Gasteiger partial charge in [-0.25, -0.2) is 13.1 Å². The van der Waals surface area contributed by atoms with E-state index in [2.05, 4.69) is 15.0 Å². The third-order valence-corrected chi connectivity index (χ3v) is 4.51. The van der Waals surface area contributed by atoms with Crippen molar-refractivity contribution >= 4 is 26.8 Å². The van der Waals surface area contributed by atoms with Crippen LogP contribution < -0.4 is 15.6 Å². The highest BCUT2D eigenvalue weighted by Gasteiger charge is 2.12. The Morgan fingerprint density at radius 1 is 1.23 bits per heavy atom. The van der Waals surface area contributed by atoms with Crippen molar-refractivity contribution in [2.24, 2.45) is 0 Å². The van der Waals surface area contributed by atoms with E-state index in [1.54, 1.807) is 18.2 Å². The molecule has 0 saturated carbocycles. The number of H-pyrrole nitrogens is 1. The number of rotatable bonds is 6. The Bertz CT molecular complexity index is 843. The van der Waals surface area contributed by atoms with Gasteiger partial charge in [-0.3, -0.25) is 9.59 Å². The Morgan fingerprint density at radius 2 is 1.95 bits per heavy atom. The molecule has 1 heterocycles. The normalized spacial score (nSPS) is 11.5. The van der Waals surface area contributed by atoms with Crippen LogP contribution >= 0.6 is 0 Å². The quantitative estimate of drug-likeness (QED) is 0.660. The van der Waals surface area contributed by atoms with Crippen LogP contribution in [0, 0.1) is 0 Å². The minimum absolute atomic E-state index is 0.00273. The fourth-order valence-electron chi connectivity index (χ4n) is 1.90.